The van der Waals surface area contributed by atoms with Gasteiger partial charge in [-0.25, -0.2) is 4.98 Å². The van der Waals surface area contributed by atoms with E-state index in [0.29, 0.717) is 15.6 Å². The predicted octanol–water partition coefficient (Wildman–Crippen LogP) is 3.48. The van der Waals surface area contributed by atoms with Crippen molar-refractivity contribution in [3.63, 3.8) is 0 Å². The van der Waals surface area contributed by atoms with E-state index in [9.17, 15) is 10.1 Å². The first-order chi connectivity index (χ1) is 11.1. The number of nitro benzene ring substituents is 1. The molecule has 23 heavy (non-hydrogen) atoms. The molecule has 0 aliphatic rings. The molecule has 0 spiro atoms. The quantitative estimate of drug-likeness (QED) is 0.508. The summed E-state index contributed by atoms with van der Waals surface area (Å²) < 4.78 is 0. The highest BCUT2D eigenvalue weighted by Gasteiger charge is 2.11. The molecule has 0 unspecified atom stereocenters. The highest BCUT2D eigenvalue weighted by atomic mass is 32.2. The number of hydrogen-bond acceptors (Lipinski definition) is 7. The lowest BCUT2D eigenvalue weighted by molar-refractivity contribution is -0.385. The van der Waals surface area contributed by atoms with Crippen LogP contribution in [0.1, 0.15) is 0 Å². The molecule has 1 aromatic carbocycles. The summed E-state index contributed by atoms with van der Waals surface area (Å²) >= 11 is 1.27. The molecule has 1 N–H and O–H groups in total. The Kier molecular flexibility index (Phi) is 5.29. The highest BCUT2D eigenvalue weighted by Crippen LogP contribution is 2.31. The Labute approximate surface area is 136 Å². The predicted molar refractivity (Wildman–Crippen MR) is 84.4 cm³/mol. The van der Waals surface area contributed by atoms with Gasteiger partial charge in [-0.1, -0.05) is 17.8 Å². The van der Waals surface area contributed by atoms with Crippen LogP contribution in [0.4, 0.5) is 11.4 Å². The minimum absolute atomic E-state index is 0.0997. The summed E-state index contributed by atoms with van der Waals surface area (Å²) in [5, 5.41) is 31.9. The molecule has 2 aromatic rings. The molecular formula is C15H9N5O2S. The Morgan fingerprint density at radius 1 is 1.30 bits per heavy atom. The van der Waals surface area contributed by atoms with Crippen LogP contribution in [0.25, 0.3) is 0 Å². The summed E-state index contributed by atoms with van der Waals surface area (Å²) in [5.41, 5.74) is 0.174. The zero-order chi connectivity index (χ0) is 16.7. The standard InChI is InChI=1S/C15H9N5O2S/c16-8-11(9-17)10-19-12-5-13(20(21)22)7-14(6-12)23-15-3-1-2-4-18-15/h1-7,10,19H. The molecule has 0 aliphatic heterocycles. The SMILES string of the molecule is N#CC(C#N)=CNc1cc(Sc2ccccn2)cc([N+](=O)[O-])c1. The monoisotopic (exact) mass is 323 g/mol. The molecule has 0 radical (unpaired) electrons. The summed E-state index contributed by atoms with van der Waals surface area (Å²) in [6.45, 7) is 0. The van der Waals surface area contributed by atoms with Crippen molar-refractivity contribution in [2.45, 2.75) is 9.92 Å². The summed E-state index contributed by atoms with van der Waals surface area (Å²) in [6.07, 6.45) is 2.84. The highest BCUT2D eigenvalue weighted by molar-refractivity contribution is 7.99. The van der Waals surface area contributed by atoms with Crippen LogP contribution >= 0.6 is 11.8 Å². The van der Waals surface area contributed by atoms with E-state index < -0.39 is 4.92 Å². The van der Waals surface area contributed by atoms with Gasteiger partial charge in [-0.05, 0) is 18.2 Å². The van der Waals surface area contributed by atoms with E-state index in [4.69, 9.17) is 10.5 Å². The number of anilines is 1. The van der Waals surface area contributed by atoms with E-state index in [-0.39, 0.29) is 11.3 Å². The second-order valence-corrected chi connectivity index (χ2v) is 5.26. The molecule has 112 valence electrons. The van der Waals surface area contributed by atoms with E-state index in [0.717, 1.165) is 0 Å². The molecule has 0 aliphatic carbocycles. The molecule has 0 atom stereocenters. The third-order valence-corrected chi connectivity index (χ3v) is 3.51. The lowest BCUT2D eigenvalue weighted by Gasteiger charge is -2.05. The van der Waals surface area contributed by atoms with Crippen LogP contribution in [0.2, 0.25) is 0 Å². The van der Waals surface area contributed by atoms with E-state index in [1.807, 2.05) is 6.07 Å². The number of pyridine rings is 1. The molecule has 0 saturated carbocycles. The topological polar surface area (TPSA) is 116 Å². The minimum Gasteiger partial charge on any atom is -0.360 e. The Bertz CT molecular complexity index is 821. The number of aromatic nitrogens is 1. The average Bonchev–Trinajstić information content (AvgIpc) is 2.56. The van der Waals surface area contributed by atoms with Crippen LogP contribution in [-0.4, -0.2) is 9.91 Å². The van der Waals surface area contributed by atoms with Crippen LogP contribution in [-0.2, 0) is 0 Å². The van der Waals surface area contributed by atoms with Crippen molar-refractivity contribution >= 4 is 23.1 Å². The molecule has 0 bridgehead atoms. The fourth-order valence-corrected chi connectivity index (χ4v) is 2.47. The van der Waals surface area contributed by atoms with Crippen LogP contribution in [0.3, 0.4) is 0 Å². The number of nitrogens with one attached hydrogen (secondary N) is 1. The molecule has 1 heterocycles. The lowest BCUT2D eigenvalue weighted by atomic mass is 10.2. The zero-order valence-electron chi connectivity index (χ0n) is 11.6. The van der Waals surface area contributed by atoms with Crippen molar-refractivity contribution in [3.05, 3.63) is 64.5 Å². The van der Waals surface area contributed by atoms with Crippen molar-refractivity contribution in [1.29, 1.82) is 10.5 Å². The van der Waals surface area contributed by atoms with Crippen LogP contribution in [0, 0.1) is 32.8 Å². The average molecular weight is 323 g/mol. The van der Waals surface area contributed by atoms with Crippen molar-refractivity contribution in [2.75, 3.05) is 5.32 Å². The van der Waals surface area contributed by atoms with Gasteiger partial charge in [0, 0.05) is 35.1 Å². The second kappa shape index (κ2) is 7.59. The normalized spacial score (nSPS) is 9.30. The van der Waals surface area contributed by atoms with Crippen LogP contribution in [0.5, 0.6) is 0 Å². The van der Waals surface area contributed by atoms with Gasteiger partial charge in [0.1, 0.15) is 22.7 Å². The van der Waals surface area contributed by atoms with Gasteiger partial charge in [-0.2, -0.15) is 10.5 Å². The third kappa shape index (κ3) is 4.56. The van der Waals surface area contributed by atoms with Gasteiger partial charge >= 0.3 is 0 Å². The van der Waals surface area contributed by atoms with Crippen molar-refractivity contribution in [3.8, 4) is 12.1 Å². The van der Waals surface area contributed by atoms with Crippen LogP contribution < -0.4 is 5.32 Å². The summed E-state index contributed by atoms with van der Waals surface area (Å²) in [6, 6.07) is 13.2. The minimum atomic E-state index is -0.507. The van der Waals surface area contributed by atoms with Crippen LogP contribution in [0.15, 0.2) is 64.3 Å². The van der Waals surface area contributed by atoms with Gasteiger partial charge in [-0.15, -0.1) is 0 Å². The largest absolute Gasteiger partial charge is 0.360 e. The lowest BCUT2D eigenvalue weighted by Crippen LogP contribution is -1.94. The van der Waals surface area contributed by atoms with E-state index in [2.05, 4.69) is 10.3 Å². The number of non-ortho nitro benzene ring substituents is 1. The molecule has 0 amide bonds. The Morgan fingerprint density at radius 3 is 2.70 bits per heavy atom. The van der Waals surface area contributed by atoms with Gasteiger partial charge in [0.15, 0.2) is 0 Å². The van der Waals surface area contributed by atoms with E-state index >= 15 is 0 Å². The third-order valence-electron chi connectivity index (χ3n) is 2.59. The second-order valence-electron chi connectivity index (χ2n) is 4.17. The molecular weight excluding hydrogens is 314 g/mol. The maximum Gasteiger partial charge on any atom is 0.272 e. The zero-order valence-corrected chi connectivity index (χ0v) is 12.4. The van der Waals surface area contributed by atoms with Gasteiger partial charge in [-0.3, -0.25) is 10.1 Å². The molecule has 7 nitrogen and oxygen atoms in total. The van der Waals surface area contributed by atoms with Gasteiger partial charge < -0.3 is 5.32 Å². The van der Waals surface area contributed by atoms with Crippen molar-refractivity contribution < 1.29 is 4.92 Å². The number of benzene rings is 1. The van der Waals surface area contributed by atoms with Gasteiger partial charge in [0.2, 0.25) is 0 Å². The molecule has 2 rings (SSSR count). The van der Waals surface area contributed by atoms with E-state index in [1.54, 1.807) is 36.5 Å². The molecule has 1 aromatic heterocycles. The van der Waals surface area contributed by atoms with Crippen molar-refractivity contribution in [1.82, 2.24) is 4.98 Å². The number of hydrogen-bond donors (Lipinski definition) is 1. The van der Waals surface area contributed by atoms with Gasteiger partial charge in [0.25, 0.3) is 5.69 Å². The van der Waals surface area contributed by atoms with Crippen molar-refractivity contribution in [2.24, 2.45) is 0 Å². The summed E-state index contributed by atoms with van der Waals surface area (Å²) in [4.78, 5) is 15.3. The summed E-state index contributed by atoms with van der Waals surface area (Å²) in [5.74, 6) is 0. The number of nitriles is 2. The smallest absolute Gasteiger partial charge is 0.272 e. The van der Waals surface area contributed by atoms with E-state index in [1.165, 1.54) is 30.1 Å². The maximum atomic E-state index is 11.0. The Hall–Kier alpha value is -3.36. The first kappa shape index (κ1) is 16.0. The first-order valence-corrected chi connectivity index (χ1v) is 7.09. The first-order valence-electron chi connectivity index (χ1n) is 6.27. The number of allylic oxidation sites excluding steroid dienone is 1. The maximum absolute atomic E-state index is 11.0. The molecule has 0 fully saturated rings. The fourth-order valence-electron chi connectivity index (χ4n) is 1.60. The Balaban J connectivity index is 2.33. The number of nitrogens with zero attached hydrogens (tertiary/aromatic N) is 4. The fraction of sp³-hybridized carbons (Fsp3) is 0. The molecule has 8 heteroatoms. The number of rotatable bonds is 5. The number of nitro groups is 1. The molecule has 0 saturated heterocycles. The Morgan fingerprint density at radius 2 is 2.09 bits per heavy atom. The van der Waals surface area contributed by atoms with Gasteiger partial charge in [0.05, 0.1) is 4.92 Å². The summed E-state index contributed by atoms with van der Waals surface area (Å²) in [7, 11) is 0.